The Morgan fingerprint density at radius 1 is 1.37 bits per heavy atom. The van der Waals surface area contributed by atoms with Crippen molar-refractivity contribution < 1.29 is 9.90 Å². The van der Waals surface area contributed by atoms with Gasteiger partial charge in [0.25, 0.3) is 0 Å². The Morgan fingerprint density at radius 2 is 2.19 bits per heavy atom. The molecule has 1 atom stereocenters. The maximum absolute atomic E-state index is 12.5. The number of amides is 1. The van der Waals surface area contributed by atoms with Gasteiger partial charge in [0.05, 0.1) is 11.4 Å². The third-order valence-electron chi connectivity index (χ3n) is 4.72. The minimum absolute atomic E-state index is 0.0152. The van der Waals surface area contributed by atoms with Crippen molar-refractivity contribution in [1.29, 1.82) is 0 Å². The van der Waals surface area contributed by atoms with Crippen LogP contribution in [0.5, 0.6) is 0 Å². The van der Waals surface area contributed by atoms with Gasteiger partial charge in [0.2, 0.25) is 5.91 Å². The van der Waals surface area contributed by atoms with Crippen LogP contribution in [0.3, 0.4) is 0 Å². The van der Waals surface area contributed by atoms with E-state index in [0.717, 1.165) is 38.8 Å². The SMILES string of the molecule is Cc1ccccc1-n1nc(C)c2c1NC(=O)C[C@H]2c1cc(C#CCO)cs1. The van der Waals surface area contributed by atoms with Gasteiger partial charge in [0.1, 0.15) is 12.4 Å². The Balaban J connectivity index is 1.82. The maximum atomic E-state index is 12.5. The lowest BCUT2D eigenvalue weighted by molar-refractivity contribution is -0.116. The summed E-state index contributed by atoms with van der Waals surface area (Å²) in [5.41, 5.74) is 4.89. The summed E-state index contributed by atoms with van der Waals surface area (Å²) in [4.78, 5) is 13.5. The molecule has 0 saturated heterocycles. The summed E-state index contributed by atoms with van der Waals surface area (Å²) < 4.78 is 1.84. The third kappa shape index (κ3) is 3.16. The van der Waals surface area contributed by atoms with Gasteiger partial charge in [0.15, 0.2) is 0 Å². The Morgan fingerprint density at radius 3 is 2.96 bits per heavy atom. The number of aromatic nitrogens is 2. The molecule has 0 saturated carbocycles. The molecule has 4 rings (SSSR count). The molecule has 1 aliphatic heterocycles. The summed E-state index contributed by atoms with van der Waals surface area (Å²) in [6.07, 6.45) is 0.390. The van der Waals surface area contributed by atoms with Crippen molar-refractivity contribution in [2.45, 2.75) is 26.2 Å². The first kappa shape index (κ1) is 17.5. The van der Waals surface area contributed by atoms with Gasteiger partial charge in [-0.15, -0.1) is 11.3 Å². The molecule has 0 bridgehead atoms. The minimum atomic E-state index is -0.163. The van der Waals surface area contributed by atoms with Crippen LogP contribution in [0, 0.1) is 25.7 Å². The number of nitrogens with zero attached hydrogens (tertiary/aromatic N) is 2. The molecule has 3 aromatic rings. The standard InChI is InChI=1S/C21H19N3O2S/c1-13-6-3-4-8-17(13)24-21-20(14(2)23-24)16(11-19(26)22-21)18-10-15(12-27-18)7-5-9-25/h3-4,6,8,10,12,16,25H,9,11H2,1-2H3,(H,22,26)/t16-/m0/s1. The number of carbonyl (C=O) groups excluding carboxylic acids is 1. The third-order valence-corrected chi connectivity index (χ3v) is 5.77. The highest BCUT2D eigenvalue weighted by Gasteiger charge is 2.33. The highest BCUT2D eigenvalue weighted by molar-refractivity contribution is 7.10. The number of benzene rings is 1. The fraction of sp³-hybridized carbons (Fsp3) is 0.238. The Kier molecular flexibility index (Phi) is 4.56. The van der Waals surface area contributed by atoms with Gasteiger partial charge < -0.3 is 10.4 Å². The van der Waals surface area contributed by atoms with E-state index in [0.29, 0.717) is 6.42 Å². The number of anilines is 1. The molecule has 1 aromatic carbocycles. The van der Waals surface area contributed by atoms with Crippen molar-refractivity contribution in [3.8, 4) is 17.5 Å². The number of hydrogen-bond donors (Lipinski definition) is 2. The van der Waals surface area contributed by atoms with E-state index < -0.39 is 0 Å². The molecule has 27 heavy (non-hydrogen) atoms. The van der Waals surface area contributed by atoms with Crippen LogP contribution < -0.4 is 5.32 Å². The molecule has 0 unspecified atom stereocenters. The van der Waals surface area contributed by atoms with Crippen molar-refractivity contribution in [3.05, 3.63) is 63.0 Å². The van der Waals surface area contributed by atoms with Crippen LogP contribution in [0.2, 0.25) is 0 Å². The second-order valence-corrected chi connectivity index (χ2v) is 7.49. The summed E-state index contributed by atoms with van der Waals surface area (Å²) >= 11 is 1.59. The normalized spacial score (nSPS) is 15.7. The Labute approximate surface area is 161 Å². The average Bonchev–Trinajstić information content (AvgIpc) is 3.25. The van der Waals surface area contributed by atoms with E-state index in [9.17, 15) is 4.79 Å². The molecule has 2 aromatic heterocycles. The summed E-state index contributed by atoms with van der Waals surface area (Å²) in [7, 11) is 0. The molecule has 0 fully saturated rings. The van der Waals surface area contributed by atoms with Crippen molar-refractivity contribution >= 4 is 23.1 Å². The second-order valence-electron chi connectivity index (χ2n) is 6.55. The van der Waals surface area contributed by atoms with Gasteiger partial charge in [-0.2, -0.15) is 5.10 Å². The number of hydrogen-bond acceptors (Lipinski definition) is 4. The van der Waals surface area contributed by atoms with Crippen molar-refractivity contribution in [2.75, 3.05) is 11.9 Å². The fourth-order valence-electron chi connectivity index (χ4n) is 3.51. The lowest BCUT2D eigenvalue weighted by Gasteiger charge is -2.23. The van der Waals surface area contributed by atoms with Crippen molar-refractivity contribution in [1.82, 2.24) is 9.78 Å². The van der Waals surface area contributed by atoms with Crippen molar-refractivity contribution in [3.63, 3.8) is 0 Å². The van der Waals surface area contributed by atoms with Gasteiger partial charge in [-0.1, -0.05) is 30.0 Å². The van der Waals surface area contributed by atoms with Gasteiger partial charge in [-0.3, -0.25) is 4.79 Å². The predicted octanol–water partition coefficient (Wildman–Crippen LogP) is 3.37. The van der Waals surface area contributed by atoms with E-state index in [1.165, 1.54) is 0 Å². The number of para-hydroxylation sites is 1. The van der Waals surface area contributed by atoms with E-state index in [2.05, 4.69) is 17.2 Å². The fourth-order valence-corrected chi connectivity index (χ4v) is 4.46. The number of aliphatic hydroxyl groups excluding tert-OH is 1. The predicted molar refractivity (Wildman–Crippen MR) is 106 cm³/mol. The first-order valence-corrected chi connectivity index (χ1v) is 9.60. The van der Waals surface area contributed by atoms with Crippen LogP contribution in [0.1, 0.15) is 39.6 Å². The number of aryl methyl sites for hydroxylation is 2. The second kappa shape index (κ2) is 7.03. The monoisotopic (exact) mass is 377 g/mol. The van der Waals surface area contributed by atoms with Gasteiger partial charge >= 0.3 is 0 Å². The molecule has 136 valence electrons. The van der Waals surface area contributed by atoms with Crippen LogP contribution in [0.15, 0.2) is 35.7 Å². The zero-order valence-electron chi connectivity index (χ0n) is 15.1. The molecule has 0 radical (unpaired) electrons. The van der Waals surface area contributed by atoms with Crippen LogP contribution in [0.25, 0.3) is 5.69 Å². The van der Waals surface area contributed by atoms with Crippen LogP contribution >= 0.6 is 11.3 Å². The smallest absolute Gasteiger partial charge is 0.226 e. The van der Waals surface area contributed by atoms with E-state index in [1.54, 1.807) is 11.3 Å². The maximum Gasteiger partial charge on any atom is 0.226 e. The molecule has 1 aliphatic rings. The average molecular weight is 377 g/mol. The number of thiophene rings is 1. The topological polar surface area (TPSA) is 67.2 Å². The molecule has 5 nitrogen and oxygen atoms in total. The zero-order valence-corrected chi connectivity index (χ0v) is 15.9. The minimum Gasteiger partial charge on any atom is -0.384 e. The lowest BCUT2D eigenvalue weighted by Crippen LogP contribution is -2.24. The van der Waals surface area contributed by atoms with E-state index >= 15 is 0 Å². The summed E-state index contributed by atoms with van der Waals surface area (Å²) in [6, 6.07) is 10.0. The first-order valence-electron chi connectivity index (χ1n) is 8.72. The molecule has 0 aliphatic carbocycles. The molecule has 2 N–H and O–H groups in total. The molecular weight excluding hydrogens is 358 g/mol. The summed E-state index contributed by atoms with van der Waals surface area (Å²) in [5, 5.41) is 18.6. The Bertz CT molecular complexity index is 1080. The van der Waals surface area contributed by atoms with Crippen LogP contribution in [-0.2, 0) is 4.79 Å². The molecule has 3 heterocycles. The lowest BCUT2D eigenvalue weighted by atomic mass is 9.90. The van der Waals surface area contributed by atoms with Gasteiger partial charge in [0, 0.05) is 33.7 Å². The molecule has 1 amide bonds. The number of fused-ring (bicyclic) bond motifs is 1. The highest BCUT2D eigenvalue weighted by Crippen LogP contribution is 2.42. The largest absolute Gasteiger partial charge is 0.384 e. The zero-order chi connectivity index (χ0) is 19.0. The molecule has 6 heteroatoms. The van der Waals surface area contributed by atoms with Gasteiger partial charge in [-0.05, 0) is 31.5 Å². The number of carbonyl (C=O) groups is 1. The molecule has 0 spiro atoms. The van der Waals surface area contributed by atoms with Gasteiger partial charge in [-0.25, -0.2) is 4.68 Å². The van der Waals surface area contributed by atoms with Crippen LogP contribution in [0.4, 0.5) is 5.82 Å². The molecular formula is C21H19N3O2S. The Hall–Kier alpha value is -2.88. The summed E-state index contributed by atoms with van der Waals surface area (Å²) in [6.45, 7) is 3.86. The number of aliphatic hydroxyl groups is 1. The highest BCUT2D eigenvalue weighted by atomic mass is 32.1. The number of rotatable bonds is 2. The van der Waals surface area contributed by atoms with E-state index in [4.69, 9.17) is 10.2 Å². The van der Waals surface area contributed by atoms with Crippen LogP contribution in [-0.4, -0.2) is 27.4 Å². The number of nitrogens with one attached hydrogen (secondary N) is 1. The van der Waals surface area contributed by atoms with E-state index in [1.807, 2.05) is 54.2 Å². The first-order chi connectivity index (χ1) is 13.1. The quantitative estimate of drug-likeness (QED) is 0.673. The summed E-state index contributed by atoms with van der Waals surface area (Å²) in [5.74, 6) is 6.29. The van der Waals surface area contributed by atoms with Crippen molar-refractivity contribution in [2.24, 2.45) is 0 Å². The van der Waals surface area contributed by atoms with E-state index in [-0.39, 0.29) is 18.4 Å².